The fraction of sp³-hybridized carbons (Fsp3) is 0.467. The number of aliphatic hydroxyl groups excluding tert-OH is 1. The van der Waals surface area contributed by atoms with Crippen LogP contribution < -0.4 is 5.32 Å². The summed E-state index contributed by atoms with van der Waals surface area (Å²) in [5, 5.41) is 11.6. The molecule has 0 spiro atoms. The summed E-state index contributed by atoms with van der Waals surface area (Å²) < 4.78 is 0. The van der Waals surface area contributed by atoms with Gasteiger partial charge in [-0.1, -0.05) is 18.4 Å². The highest BCUT2D eigenvalue weighted by atomic mass is 32.2. The van der Waals surface area contributed by atoms with E-state index in [1.165, 1.54) is 6.42 Å². The van der Waals surface area contributed by atoms with E-state index in [-0.39, 0.29) is 17.8 Å². The van der Waals surface area contributed by atoms with Crippen molar-refractivity contribution < 1.29 is 9.90 Å². The molecule has 0 radical (unpaired) electrons. The number of nitrogens with zero attached hydrogens (tertiary/aromatic N) is 1. The monoisotopic (exact) mass is 290 g/mol. The van der Waals surface area contributed by atoms with Gasteiger partial charge < -0.3 is 10.4 Å². The van der Waals surface area contributed by atoms with Crippen molar-refractivity contribution in [1.82, 2.24) is 4.98 Å². The van der Waals surface area contributed by atoms with Crippen LogP contribution in [0.4, 0.5) is 5.82 Å². The van der Waals surface area contributed by atoms with Crippen LogP contribution in [0.3, 0.4) is 0 Å². The van der Waals surface area contributed by atoms with Crippen LogP contribution in [0.2, 0.25) is 0 Å². The Labute approximate surface area is 123 Å². The van der Waals surface area contributed by atoms with Crippen molar-refractivity contribution in [2.45, 2.75) is 30.9 Å². The van der Waals surface area contributed by atoms with Crippen molar-refractivity contribution in [1.29, 1.82) is 0 Å². The van der Waals surface area contributed by atoms with E-state index < -0.39 is 0 Å². The first-order chi connectivity index (χ1) is 9.79. The molecule has 1 amide bonds. The average Bonchev–Trinajstić information content (AvgIpc) is 2.49. The molecule has 2 N–H and O–H groups in total. The zero-order valence-corrected chi connectivity index (χ0v) is 12.1. The molecule has 1 unspecified atom stereocenters. The van der Waals surface area contributed by atoms with Crippen LogP contribution in [-0.4, -0.2) is 33.6 Å². The van der Waals surface area contributed by atoms with Crippen molar-refractivity contribution in [3.8, 4) is 11.8 Å². The smallest absolute Gasteiger partial charge is 0.238 e. The maximum absolute atomic E-state index is 12.1. The van der Waals surface area contributed by atoms with Gasteiger partial charge in [0, 0.05) is 6.42 Å². The molecule has 1 atom stereocenters. The van der Waals surface area contributed by atoms with Crippen LogP contribution >= 0.6 is 11.8 Å². The number of anilines is 1. The molecule has 5 heteroatoms. The average molecular weight is 290 g/mol. The Morgan fingerprint density at radius 2 is 2.40 bits per heavy atom. The number of aromatic nitrogens is 1. The second-order valence-corrected chi connectivity index (χ2v) is 5.84. The minimum absolute atomic E-state index is 0.0302. The molecule has 0 bridgehead atoms. The molecule has 1 saturated heterocycles. The molecule has 20 heavy (non-hydrogen) atoms. The van der Waals surface area contributed by atoms with Crippen molar-refractivity contribution >= 4 is 23.5 Å². The van der Waals surface area contributed by atoms with Gasteiger partial charge in [-0.3, -0.25) is 4.79 Å². The first kappa shape index (κ1) is 14.9. The normalized spacial score (nSPS) is 17.9. The number of carbonyl (C=O) groups is 1. The third kappa shape index (κ3) is 4.55. The van der Waals surface area contributed by atoms with Gasteiger partial charge in [0.05, 0.1) is 11.9 Å². The van der Waals surface area contributed by atoms with Gasteiger partial charge in [-0.25, -0.2) is 4.98 Å². The van der Waals surface area contributed by atoms with Crippen LogP contribution in [-0.2, 0) is 4.79 Å². The zero-order valence-electron chi connectivity index (χ0n) is 11.3. The Morgan fingerprint density at radius 3 is 3.15 bits per heavy atom. The summed E-state index contributed by atoms with van der Waals surface area (Å²) in [6.07, 6.45) is 3.68. The van der Waals surface area contributed by atoms with E-state index in [4.69, 9.17) is 5.11 Å². The Bertz CT molecular complexity index is 516. The Hall–Kier alpha value is -1.51. The van der Waals surface area contributed by atoms with E-state index in [9.17, 15) is 4.79 Å². The number of pyridine rings is 1. The van der Waals surface area contributed by atoms with Gasteiger partial charge in [-0.2, -0.15) is 0 Å². The highest BCUT2D eigenvalue weighted by Gasteiger charge is 2.21. The van der Waals surface area contributed by atoms with Gasteiger partial charge in [0.1, 0.15) is 11.5 Å². The maximum Gasteiger partial charge on any atom is 0.238 e. The van der Waals surface area contributed by atoms with E-state index >= 15 is 0 Å². The molecule has 2 rings (SSSR count). The SMILES string of the molecule is O=C(Nc1cccc(C#CCCO)n1)C1CCCCS1. The van der Waals surface area contributed by atoms with Gasteiger partial charge in [0.15, 0.2) is 0 Å². The predicted octanol–water partition coefficient (Wildman–Crippen LogP) is 2.04. The van der Waals surface area contributed by atoms with Crippen molar-refractivity contribution in [3.05, 3.63) is 23.9 Å². The molecule has 1 aliphatic rings. The first-order valence-corrected chi connectivity index (χ1v) is 7.84. The number of hydrogen-bond donors (Lipinski definition) is 2. The molecule has 2 heterocycles. The van der Waals surface area contributed by atoms with Crippen molar-refractivity contribution in [3.63, 3.8) is 0 Å². The molecule has 0 aromatic carbocycles. The third-order valence-corrected chi connectivity index (χ3v) is 4.30. The van der Waals surface area contributed by atoms with Crippen LogP contribution in [0, 0.1) is 11.8 Å². The van der Waals surface area contributed by atoms with E-state index in [2.05, 4.69) is 22.1 Å². The molecule has 1 fully saturated rings. The summed E-state index contributed by atoms with van der Waals surface area (Å²) in [6.45, 7) is 0.0440. The predicted molar refractivity (Wildman–Crippen MR) is 81.5 cm³/mol. The number of rotatable bonds is 3. The topological polar surface area (TPSA) is 62.2 Å². The molecular weight excluding hydrogens is 272 g/mol. The number of thioether (sulfide) groups is 1. The standard InChI is InChI=1S/C15H18N2O2S/c18-10-3-1-6-12-7-5-9-14(16-12)17-15(19)13-8-2-4-11-20-13/h5,7,9,13,18H,2-4,8,10-11H2,(H,16,17,19). The largest absolute Gasteiger partial charge is 0.395 e. The number of nitrogens with one attached hydrogen (secondary N) is 1. The third-order valence-electron chi connectivity index (χ3n) is 2.93. The minimum atomic E-state index is 0.0302. The maximum atomic E-state index is 12.1. The highest BCUT2D eigenvalue weighted by Crippen LogP contribution is 2.25. The Morgan fingerprint density at radius 1 is 1.50 bits per heavy atom. The summed E-state index contributed by atoms with van der Waals surface area (Å²) in [4.78, 5) is 16.4. The molecule has 4 nitrogen and oxygen atoms in total. The van der Waals surface area contributed by atoms with Crippen molar-refractivity contribution in [2.24, 2.45) is 0 Å². The number of hydrogen-bond acceptors (Lipinski definition) is 4. The highest BCUT2D eigenvalue weighted by molar-refractivity contribution is 8.00. The molecule has 106 valence electrons. The second-order valence-electron chi connectivity index (χ2n) is 4.53. The summed E-state index contributed by atoms with van der Waals surface area (Å²) in [7, 11) is 0. The quantitative estimate of drug-likeness (QED) is 0.836. The number of amides is 1. The summed E-state index contributed by atoms with van der Waals surface area (Å²) in [5.41, 5.74) is 0.604. The van der Waals surface area contributed by atoms with E-state index in [1.807, 2.05) is 6.07 Å². The summed E-state index contributed by atoms with van der Waals surface area (Å²) in [5.74, 6) is 7.30. The van der Waals surface area contributed by atoms with Crippen molar-refractivity contribution in [2.75, 3.05) is 17.7 Å². The first-order valence-electron chi connectivity index (χ1n) is 6.79. The number of aliphatic hydroxyl groups is 1. The summed E-state index contributed by atoms with van der Waals surface area (Å²) in [6, 6.07) is 5.37. The lowest BCUT2D eigenvalue weighted by atomic mass is 10.2. The lowest BCUT2D eigenvalue weighted by molar-refractivity contribution is -0.115. The Kier molecular flexibility index (Phi) is 5.90. The molecule has 1 aliphatic heterocycles. The van der Waals surface area contributed by atoms with E-state index in [0.717, 1.165) is 18.6 Å². The fourth-order valence-corrected chi connectivity index (χ4v) is 3.14. The Balaban J connectivity index is 1.97. The molecule has 0 saturated carbocycles. The van der Waals surface area contributed by atoms with E-state index in [0.29, 0.717) is 17.9 Å². The molecule has 0 aliphatic carbocycles. The van der Waals surface area contributed by atoms with Crippen LogP contribution in [0.5, 0.6) is 0 Å². The lowest BCUT2D eigenvalue weighted by Gasteiger charge is -2.20. The summed E-state index contributed by atoms with van der Waals surface area (Å²) >= 11 is 1.72. The molecular formula is C15H18N2O2S. The van der Waals surface area contributed by atoms with Crippen LogP contribution in [0.25, 0.3) is 0 Å². The molecule has 1 aromatic heterocycles. The van der Waals surface area contributed by atoms with Crippen LogP contribution in [0.1, 0.15) is 31.4 Å². The van der Waals surface area contributed by atoms with Gasteiger partial charge in [0.25, 0.3) is 0 Å². The minimum Gasteiger partial charge on any atom is -0.395 e. The second kappa shape index (κ2) is 7.93. The van der Waals surface area contributed by atoms with Crippen LogP contribution in [0.15, 0.2) is 18.2 Å². The van der Waals surface area contributed by atoms with E-state index in [1.54, 1.807) is 23.9 Å². The van der Waals surface area contributed by atoms with Gasteiger partial charge in [-0.05, 0) is 36.6 Å². The lowest BCUT2D eigenvalue weighted by Crippen LogP contribution is -2.27. The van der Waals surface area contributed by atoms with Gasteiger partial charge in [-0.15, -0.1) is 11.8 Å². The van der Waals surface area contributed by atoms with Gasteiger partial charge >= 0.3 is 0 Å². The fourth-order valence-electron chi connectivity index (χ4n) is 1.94. The zero-order chi connectivity index (χ0) is 14.2. The molecule has 1 aromatic rings. The van der Waals surface area contributed by atoms with Gasteiger partial charge in [0.2, 0.25) is 5.91 Å². The number of carbonyl (C=O) groups excluding carboxylic acids is 1.